The van der Waals surface area contributed by atoms with E-state index >= 15 is 0 Å². The first-order valence-corrected chi connectivity index (χ1v) is 7.35. The van der Waals surface area contributed by atoms with Crippen LogP contribution in [0.1, 0.15) is 26.3 Å². The van der Waals surface area contributed by atoms with Gasteiger partial charge >= 0.3 is 5.97 Å². The Hall–Kier alpha value is -1.88. The predicted octanol–water partition coefficient (Wildman–Crippen LogP) is 2.07. The lowest BCUT2D eigenvalue weighted by atomic mass is 10.1. The molecular formula is C16H24N2O3. The number of carbonyl (C=O) groups is 2. The van der Waals surface area contributed by atoms with Crippen LogP contribution < -0.4 is 5.32 Å². The SMILES string of the molecule is CCOC(=O)CN(CC)CC(=O)Nc1ccc(CC)cc1. The Kier molecular flexibility index (Phi) is 7.46. The molecule has 21 heavy (non-hydrogen) atoms. The molecule has 0 saturated heterocycles. The summed E-state index contributed by atoms with van der Waals surface area (Å²) in [5, 5.41) is 2.83. The number of carbonyl (C=O) groups excluding carboxylic acids is 2. The Bertz CT molecular complexity index is 457. The number of likely N-dealkylation sites (N-methyl/N-ethyl adjacent to an activating group) is 1. The molecule has 0 atom stereocenters. The van der Waals surface area contributed by atoms with E-state index < -0.39 is 0 Å². The second kappa shape index (κ2) is 9.13. The van der Waals surface area contributed by atoms with Gasteiger partial charge in [0, 0.05) is 5.69 Å². The Morgan fingerprint density at radius 2 is 1.76 bits per heavy atom. The summed E-state index contributed by atoms with van der Waals surface area (Å²) in [6.45, 7) is 7.02. The highest BCUT2D eigenvalue weighted by molar-refractivity contribution is 5.92. The molecule has 0 fully saturated rings. The van der Waals surface area contributed by atoms with E-state index in [2.05, 4.69) is 12.2 Å². The molecule has 0 aromatic heterocycles. The molecule has 1 amide bonds. The molecular weight excluding hydrogens is 268 g/mol. The van der Waals surface area contributed by atoms with E-state index in [1.54, 1.807) is 11.8 Å². The Labute approximate surface area is 126 Å². The molecule has 0 radical (unpaired) electrons. The van der Waals surface area contributed by atoms with Gasteiger partial charge in [0.2, 0.25) is 5.91 Å². The van der Waals surface area contributed by atoms with Gasteiger partial charge in [-0.05, 0) is 37.6 Å². The average molecular weight is 292 g/mol. The second-order valence-corrected chi connectivity index (χ2v) is 4.71. The van der Waals surface area contributed by atoms with Gasteiger partial charge in [0.05, 0.1) is 19.7 Å². The summed E-state index contributed by atoms with van der Waals surface area (Å²) < 4.78 is 4.89. The molecule has 5 nitrogen and oxygen atoms in total. The maximum atomic E-state index is 12.0. The minimum atomic E-state index is -0.306. The van der Waals surface area contributed by atoms with Crippen molar-refractivity contribution in [2.45, 2.75) is 27.2 Å². The molecule has 1 aromatic rings. The Balaban J connectivity index is 2.48. The minimum absolute atomic E-state index is 0.131. The molecule has 0 saturated carbocycles. The molecule has 116 valence electrons. The molecule has 5 heteroatoms. The molecule has 0 unspecified atom stereocenters. The van der Waals surface area contributed by atoms with Crippen molar-refractivity contribution in [2.75, 3.05) is 31.6 Å². The van der Waals surface area contributed by atoms with E-state index in [-0.39, 0.29) is 25.0 Å². The van der Waals surface area contributed by atoms with Gasteiger partial charge in [-0.25, -0.2) is 0 Å². The highest BCUT2D eigenvalue weighted by atomic mass is 16.5. The fourth-order valence-corrected chi connectivity index (χ4v) is 1.90. The number of hydrogen-bond donors (Lipinski definition) is 1. The van der Waals surface area contributed by atoms with Gasteiger partial charge in [0.1, 0.15) is 0 Å². The summed E-state index contributed by atoms with van der Waals surface area (Å²) >= 11 is 0. The lowest BCUT2D eigenvalue weighted by Crippen LogP contribution is -2.37. The minimum Gasteiger partial charge on any atom is -0.465 e. The van der Waals surface area contributed by atoms with Crippen molar-refractivity contribution < 1.29 is 14.3 Å². The van der Waals surface area contributed by atoms with Crippen LogP contribution in [0.25, 0.3) is 0 Å². The van der Waals surface area contributed by atoms with Gasteiger partial charge in [0.15, 0.2) is 0 Å². The highest BCUT2D eigenvalue weighted by Crippen LogP contribution is 2.09. The van der Waals surface area contributed by atoms with Crippen molar-refractivity contribution in [3.63, 3.8) is 0 Å². The van der Waals surface area contributed by atoms with Gasteiger partial charge in [-0.15, -0.1) is 0 Å². The first-order valence-electron chi connectivity index (χ1n) is 7.35. The van der Waals surface area contributed by atoms with Crippen molar-refractivity contribution in [1.29, 1.82) is 0 Å². The van der Waals surface area contributed by atoms with Gasteiger partial charge in [0.25, 0.3) is 0 Å². The highest BCUT2D eigenvalue weighted by Gasteiger charge is 2.13. The van der Waals surface area contributed by atoms with Gasteiger partial charge in [-0.3, -0.25) is 14.5 Å². The number of esters is 1. The van der Waals surface area contributed by atoms with E-state index in [4.69, 9.17) is 4.74 Å². The topological polar surface area (TPSA) is 58.6 Å². The molecule has 0 aliphatic carbocycles. The van der Waals surface area contributed by atoms with Gasteiger partial charge < -0.3 is 10.1 Å². The number of aryl methyl sites for hydroxylation is 1. The summed E-state index contributed by atoms with van der Waals surface area (Å²) in [6.07, 6.45) is 0.970. The maximum Gasteiger partial charge on any atom is 0.320 e. The van der Waals surface area contributed by atoms with Crippen LogP contribution in [0.2, 0.25) is 0 Å². The van der Waals surface area contributed by atoms with E-state index in [1.807, 2.05) is 31.2 Å². The summed E-state index contributed by atoms with van der Waals surface area (Å²) in [7, 11) is 0. The van der Waals surface area contributed by atoms with Crippen molar-refractivity contribution in [1.82, 2.24) is 4.90 Å². The fourth-order valence-electron chi connectivity index (χ4n) is 1.90. The largest absolute Gasteiger partial charge is 0.465 e. The molecule has 0 bridgehead atoms. The second-order valence-electron chi connectivity index (χ2n) is 4.71. The van der Waals surface area contributed by atoms with Crippen molar-refractivity contribution >= 4 is 17.6 Å². The number of benzene rings is 1. The van der Waals surface area contributed by atoms with Crippen LogP contribution in [0, 0.1) is 0 Å². The Morgan fingerprint density at radius 1 is 1.10 bits per heavy atom. The molecule has 0 heterocycles. The number of nitrogens with one attached hydrogen (secondary N) is 1. The van der Waals surface area contributed by atoms with Crippen LogP contribution in [0.3, 0.4) is 0 Å². The summed E-state index contributed by atoms with van der Waals surface area (Å²) in [5.74, 6) is -0.440. The van der Waals surface area contributed by atoms with E-state index in [1.165, 1.54) is 5.56 Å². The number of ether oxygens (including phenoxy) is 1. The molecule has 1 aromatic carbocycles. The monoisotopic (exact) mass is 292 g/mol. The van der Waals surface area contributed by atoms with Crippen LogP contribution >= 0.6 is 0 Å². The van der Waals surface area contributed by atoms with Gasteiger partial charge in [-0.2, -0.15) is 0 Å². The van der Waals surface area contributed by atoms with Crippen molar-refractivity contribution in [3.8, 4) is 0 Å². The zero-order valence-electron chi connectivity index (χ0n) is 13.0. The lowest BCUT2D eigenvalue weighted by Gasteiger charge is -2.18. The summed E-state index contributed by atoms with van der Waals surface area (Å²) in [5.41, 5.74) is 2.00. The normalized spacial score (nSPS) is 10.5. The zero-order valence-corrected chi connectivity index (χ0v) is 13.0. The zero-order chi connectivity index (χ0) is 15.7. The third kappa shape index (κ3) is 6.40. The summed E-state index contributed by atoms with van der Waals surface area (Å²) in [6, 6.07) is 7.76. The van der Waals surface area contributed by atoms with E-state index in [0.29, 0.717) is 13.2 Å². The number of rotatable bonds is 8. The van der Waals surface area contributed by atoms with Crippen molar-refractivity contribution in [3.05, 3.63) is 29.8 Å². The molecule has 0 spiro atoms. The molecule has 1 rings (SSSR count). The van der Waals surface area contributed by atoms with Gasteiger partial charge in [-0.1, -0.05) is 26.0 Å². The molecule has 0 aliphatic heterocycles. The number of hydrogen-bond acceptors (Lipinski definition) is 4. The molecule has 1 N–H and O–H groups in total. The molecule has 0 aliphatic rings. The predicted molar refractivity (Wildman–Crippen MR) is 83.2 cm³/mol. The van der Waals surface area contributed by atoms with Crippen LogP contribution in [-0.4, -0.2) is 43.0 Å². The van der Waals surface area contributed by atoms with Crippen LogP contribution in [0.5, 0.6) is 0 Å². The van der Waals surface area contributed by atoms with Crippen LogP contribution in [-0.2, 0) is 20.7 Å². The number of anilines is 1. The first kappa shape index (κ1) is 17.2. The lowest BCUT2D eigenvalue weighted by molar-refractivity contribution is -0.144. The average Bonchev–Trinajstić information content (AvgIpc) is 2.47. The van der Waals surface area contributed by atoms with E-state index in [9.17, 15) is 9.59 Å². The van der Waals surface area contributed by atoms with Crippen molar-refractivity contribution in [2.24, 2.45) is 0 Å². The van der Waals surface area contributed by atoms with Crippen LogP contribution in [0.15, 0.2) is 24.3 Å². The maximum absolute atomic E-state index is 12.0. The standard InChI is InChI=1S/C16H24N2O3/c1-4-13-7-9-14(10-8-13)17-15(19)11-18(5-2)12-16(20)21-6-3/h7-10H,4-6,11-12H2,1-3H3,(H,17,19). The Morgan fingerprint density at radius 3 is 2.29 bits per heavy atom. The van der Waals surface area contributed by atoms with Crippen LogP contribution in [0.4, 0.5) is 5.69 Å². The third-order valence-corrected chi connectivity index (χ3v) is 3.12. The number of amides is 1. The third-order valence-electron chi connectivity index (χ3n) is 3.12. The number of nitrogens with zero attached hydrogens (tertiary/aromatic N) is 1. The first-order chi connectivity index (χ1) is 10.1. The quantitative estimate of drug-likeness (QED) is 0.745. The van der Waals surface area contributed by atoms with E-state index in [0.717, 1.165) is 12.1 Å². The smallest absolute Gasteiger partial charge is 0.320 e. The fraction of sp³-hybridized carbons (Fsp3) is 0.500. The summed E-state index contributed by atoms with van der Waals surface area (Å²) in [4.78, 5) is 25.1.